The molecule has 0 aliphatic heterocycles. The zero-order chi connectivity index (χ0) is 15.7. The fourth-order valence-electron chi connectivity index (χ4n) is 1.18. The number of carbonyl (C=O) groups excluding carboxylic acids is 1. The van der Waals surface area contributed by atoms with E-state index in [4.69, 9.17) is 10.8 Å². The summed E-state index contributed by atoms with van der Waals surface area (Å²) in [5.74, 6) is -4.17. The van der Waals surface area contributed by atoms with Gasteiger partial charge in [-0.05, 0) is 25.1 Å². The maximum absolute atomic E-state index is 12.9. The number of nitrogens with two attached hydrogens (primary N) is 1. The lowest BCUT2D eigenvalue weighted by Gasteiger charge is -2.26. The number of halogens is 4. The predicted octanol–water partition coefficient (Wildman–Crippen LogP) is 1.74. The minimum Gasteiger partial charge on any atom is -0.478 e. The number of amides is 1. The highest BCUT2D eigenvalue weighted by Crippen LogP contribution is 2.29. The zero-order valence-corrected chi connectivity index (χ0v) is 10.1. The van der Waals surface area contributed by atoms with Crippen molar-refractivity contribution >= 4 is 17.6 Å². The number of benzene rings is 1. The molecule has 0 saturated heterocycles. The van der Waals surface area contributed by atoms with E-state index in [0.717, 1.165) is 12.1 Å². The van der Waals surface area contributed by atoms with Gasteiger partial charge < -0.3 is 16.2 Å². The van der Waals surface area contributed by atoms with Gasteiger partial charge in [0.25, 0.3) is 5.91 Å². The van der Waals surface area contributed by atoms with Gasteiger partial charge in [0, 0.05) is 0 Å². The van der Waals surface area contributed by atoms with Crippen LogP contribution in [0.15, 0.2) is 18.2 Å². The Balaban J connectivity index is 3.12. The molecule has 20 heavy (non-hydrogen) atoms. The van der Waals surface area contributed by atoms with E-state index in [1.165, 1.54) is 0 Å². The Kier molecular flexibility index (Phi) is 4.04. The third-order valence-electron chi connectivity index (χ3n) is 2.52. The van der Waals surface area contributed by atoms with Crippen molar-refractivity contribution in [1.29, 1.82) is 0 Å². The van der Waals surface area contributed by atoms with E-state index in [9.17, 15) is 27.2 Å². The summed E-state index contributed by atoms with van der Waals surface area (Å²) in [4.78, 5) is 22.3. The number of hydrogen-bond donors (Lipinski definition) is 3. The minimum atomic E-state index is -5.03. The third-order valence-corrected chi connectivity index (χ3v) is 2.52. The molecule has 0 radical (unpaired) electrons. The molecule has 0 spiro atoms. The van der Waals surface area contributed by atoms with Gasteiger partial charge in [-0.1, -0.05) is 0 Å². The van der Waals surface area contributed by atoms with Crippen LogP contribution in [0, 0.1) is 5.82 Å². The molecule has 4 N–H and O–H groups in total. The number of rotatable bonds is 3. The molecule has 0 bridgehead atoms. The molecule has 1 unspecified atom stereocenters. The second-order valence-electron chi connectivity index (χ2n) is 4.15. The lowest BCUT2D eigenvalue weighted by Crippen LogP contribution is -2.59. The topological polar surface area (TPSA) is 92.4 Å². The van der Waals surface area contributed by atoms with Crippen molar-refractivity contribution in [1.82, 2.24) is 0 Å². The van der Waals surface area contributed by atoms with Crippen LogP contribution in [0.4, 0.5) is 23.2 Å². The third kappa shape index (κ3) is 3.05. The number of aromatic carboxylic acids is 1. The molecule has 1 aromatic carbocycles. The number of hydrogen-bond acceptors (Lipinski definition) is 3. The van der Waals surface area contributed by atoms with Crippen LogP contribution in [0.5, 0.6) is 0 Å². The molecule has 0 heterocycles. The Bertz CT molecular complexity index is 555. The lowest BCUT2D eigenvalue weighted by molar-refractivity contribution is -0.184. The summed E-state index contributed by atoms with van der Waals surface area (Å²) in [6.45, 7) is 0.437. The Morgan fingerprint density at radius 3 is 2.30 bits per heavy atom. The van der Waals surface area contributed by atoms with Crippen LogP contribution < -0.4 is 11.1 Å². The average Bonchev–Trinajstić information content (AvgIpc) is 2.29. The van der Waals surface area contributed by atoms with Gasteiger partial charge in [0.05, 0.1) is 11.3 Å². The molecule has 9 heteroatoms. The molecule has 0 aliphatic carbocycles. The molecule has 0 aromatic heterocycles. The fourth-order valence-corrected chi connectivity index (χ4v) is 1.18. The van der Waals surface area contributed by atoms with Crippen LogP contribution in [-0.2, 0) is 4.79 Å². The molecule has 5 nitrogen and oxygen atoms in total. The summed E-state index contributed by atoms with van der Waals surface area (Å²) in [6, 6.07) is 2.20. The van der Waals surface area contributed by atoms with Gasteiger partial charge in [-0.25, -0.2) is 9.18 Å². The maximum atomic E-state index is 12.9. The first-order valence-corrected chi connectivity index (χ1v) is 5.16. The molecule has 0 fully saturated rings. The van der Waals surface area contributed by atoms with Gasteiger partial charge in [0.2, 0.25) is 0 Å². The Hall–Kier alpha value is -2.16. The average molecular weight is 294 g/mol. The molecule has 1 rings (SSSR count). The number of alkyl halides is 3. The van der Waals surface area contributed by atoms with Crippen molar-refractivity contribution in [2.45, 2.75) is 18.6 Å². The standard InChI is InChI=1S/C11H10F4N2O3/c1-10(16,11(13,14)15)9(20)17-7-3-2-5(12)4-6(7)8(18)19/h2-4H,16H2,1H3,(H,17,20)(H,18,19). The van der Waals surface area contributed by atoms with E-state index in [-0.39, 0.29) is 0 Å². The van der Waals surface area contributed by atoms with Crippen molar-refractivity contribution < 1.29 is 32.3 Å². The first-order chi connectivity index (χ1) is 8.96. The quantitative estimate of drug-likeness (QED) is 0.740. The van der Waals surface area contributed by atoms with Crippen LogP contribution in [-0.4, -0.2) is 28.7 Å². The normalized spacial score (nSPS) is 14.5. The van der Waals surface area contributed by atoms with Gasteiger partial charge in [-0.15, -0.1) is 0 Å². The Morgan fingerprint density at radius 1 is 1.30 bits per heavy atom. The Morgan fingerprint density at radius 2 is 1.85 bits per heavy atom. The lowest BCUT2D eigenvalue weighted by atomic mass is 10.0. The summed E-state index contributed by atoms with van der Waals surface area (Å²) in [5, 5.41) is 10.5. The van der Waals surface area contributed by atoms with E-state index in [2.05, 4.69) is 0 Å². The minimum absolute atomic E-state index is 0.437. The van der Waals surface area contributed by atoms with E-state index < -0.39 is 40.7 Å². The van der Waals surface area contributed by atoms with Gasteiger partial charge in [-0.2, -0.15) is 13.2 Å². The van der Waals surface area contributed by atoms with Crippen molar-refractivity contribution in [3.8, 4) is 0 Å². The summed E-state index contributed by atoms with van der Waals surface area (Å²) in [6.07, 6.45) is -5.03. The van der Waals surface area contributed by atoms with Gasteiger partial charge in [-0.3, -0.25) is 4.79 Å². The number of anilines is 1. The first-order valence-electron chi connectivity index (χ1n) is 5.16. The van der Waals surface area contributed by atoms with E-state index >= 15 is 0 Å². The molecule has 1 atom stereocenters. The number of nitrogens with one attached hydrogen (secondary N) is 1. The predicted molar refractivity (Wildman–Crippen MR) is 60.6 cm³/mol. The SMILES string of the molecule is CC(N)(C(=O)Nc1ccc(F)cc1C(=O)O)C(F)(F)F. The van der Waals surface area contributed by atoms with Crippen molar-refractivity contribution in [2.24, 2.45) is 5.73 Å². The van der Waals surface area contributed by atoms with Crippen molar-refractivity contribution in [2.75, 3.05) is 5.32 Å². The second kappa shape index (κ2) is 5.08. The zero-order valence-electron chi connectivity index (χ0n) is 10.1. The smallest absolute Gasteiger partial charge is 0.415 e. The van der Waals surface area contributed by atoms with Gasteiger partial charge in [0.15, 0.2) is 5.54 Å². The molecular formula is C11H10F4N2O3. The van der Waals surface area contributed by atoms with Crippen molar-refractivity contribution in [3.63, 3.8) is 0 Å². The van der Waals surface area contributed by atoms with Crippen LogP contribution in [0.2, 0.25) is 0 Å². The number of carboxylic acid groups (broad SMARTS) is 1. The largest absolute Gasteiger partial charge is 0.478 e. The first kappa shape index (κ1) is 15.9. The van der Waals surface area contributed by atoms with Crippen LogP contribution in [0.1, 0.15) is 17.3 Å². The summed E-state index contributed by atoms with van der Waals surface area (Å²) >= 11 is 0. The van der Waals surface area contributed by atoms with Gasteiger partial charge in [0.1, 0.15) is 5.82 Å². The highest BCUT2D eigenvalue weighted by atomic mass is 19.4. The van der Waals surface area contributed by atoms with Crippen molar-refractivity contribution in [3.05, 3.63) is 29.6 Å². The molecule has 1 amide bonds. The fraction of sp³-hybridized carbons (Fsp3) is 0.273. The highest BCUT2D eigenvalue weighted by molar-refractivity contribution is 6.03. The van der Waals surface area contributed by atoms with E-state index in [0.29, 0.717) is 13.0 Å². The van der Waals surface area contributed by atoms with Crippen LogP contribution in [0.25, 0.3) is 0 Å². The van der Waals surface area contributed by atoms with E-state index in [1.54, 1.807) is 5.32 Å². The van der Waals surface area contributed by atoms with Crippen LogP contribution >= 0.6 is 0 Å². The monoisotopic (exact) mass is 294 g/mol. The molecule has 0 aliphatic rings. The molecule has 110 valence electrons. The van der Waals surface area contributed by atoms with Gasteiger partial charge >= 0.3 is 12.1 Å². The maximum Gasteiger partial charge on any atom is 0.415 e. The molecule has 0 saturated carbocycles. The summed E-state index contributed by atoms with van der Waals surface area (Å²) < 4.78 is 50.5. The number of carboxylic acids is 1. The molecule has 1 aromatic rings. The summed E-state index contributed by atoms with van der Waals surface area (Å²) in [7, 11) is 0. The number of carbonyl (C=O) groups is 2. The second-order valence-corrected chi connectivity index (χ2v) is 4.15. The van der Waals surface area contributed by atoms with Crippen LogP contribution in [0.3, 0.4) is 0 Å². The van der Waals surface area contributed by atoms with E-state index in [1.807, 2.05) is 0 Å². The highest BCUT2D eigenvalue weighted by Gasteiger charge is 2.54. The Labute approximate surface area is 110 Å². The molecular weight excluding hydrogens is 284 g/mol. The summed E-state index contributed by atoms with van der Waals surface area (Å²) in [5.41, 5.74) is 0.506.